The van der Waals surface area contributed by atoms with E-state index in [0.29, 0.717) is 4.90 Å². The van der Waals surface area contributed by atoms with Gasteiger partial charge in [0.05, 0.1) is 13.3 Å². The zero-order valence-electron chi connectivity index (χ0n) is 14.8. The van der Waals surface area contributed by atoms with E-state index in [9.17, 15) is 9.59 Å². The van der Waals surface area contributed by atoms with Crippen molar-refractivity contribution in [3.05, 3.63) is 11.3 Å². The number of aromatic nitrogens is 2. The van der Waals surface area contributed by atoms with Gasteiger partial charge in [-0.25, -0.2) is 19.6 Å². The van der Waals surface area contributed by atoms with Crippen LogP contribution in [0.5, 0.6) is 5.88 Å². The molecule has 1 rings (SSSR count). The lowest BCUT2D eigenvalue weighted by Crippen LogP contribution is -2.44. The summed E-state index contributed by atoms with van der Waals surface area (Å²) in [7, 11) is 1.32. The molecule has 0 N–H and O–H groups in total. The van der Waals surface area contributed by atoms with Crippen LogP contribution in [-0.2, 0) is 9.47 Å². The Morgan fingerprint density at radius 2 is 1.50 bits per heavy atom. The van der Waals surface area contributed by atoms with Gasteiger partial charge in [0.15, 0.2) is 0 Å². The summed E-state index contributed by atoms with van der Waals surface area (Å²) in [6.07, 6.45) is -0.732. The number of carbonyl (C=O) groups excluding carboxylic acids is 2. The van der Waals surface area contributed by atoms with Gasteiger partial charge in [0.25, 0.3) is 5.88 Å². The van der Waals surface area contributed by atoms with Crippen molar-refractivity contribution in [3.8, 4) is 5.88 Å². The maximum Gasteiger partial charge on any atom is 0.425 e. The van der Waals surface area contributed by atoms with Crippen molar-refractivity contribution in [2.75, 3.05) is 12.0 Å². The fraction of sp³-hybridized carbons (Fsp3) is 0.600. The van der Waals surface area contributed by atoms with E-state index in [1.807, 2.05) is 0 Å². The number of methoxy groups -OCH3 is 1. The van der Waals surface area contributed by atoms with Crippen molar-refractivity contribution in [2.24, 2.45) is 0 Å². The number of ether oxygens (including phenoxy) is 3. The summed E-state index contributed by atoms with van der Waals surface area (Å²) in [5.41, 5.74) is -1.67. The number of nitrogens with zero attached hydrogens (tertiary/aromatic N) is 3. The monoisotopic (exact) mass is 359 g/mol. The zero-order chi connectivity index (χ0) is 18.7. The van der Waals surface area contributed by atoms with Gasteiger partial charge in [0.2, 0.25) is 5.82 Å². The van der Waals surface area contributed by atoms with Crippen LogP contribution in [-0.4, -0.2) is 40.5 Å². The van der Waals surface area contributed by atoms with Crippen LogP contribution in [0.25, 0.3) is 0 Å². The number of anilines is 1. The quantitative estimate of drug-likeness (QED) is 0.792. The predicted octanol–water partition coefficient (Wildman–Crippen LogP) is 3.82. The fourth-order valence-electron chi connectivity index (χ4n) is 1.50. The average Bonchev–Trinajstić information content (AvgIpc) is 2.34. The minimum Gasteiger partial charge on any atom is -0.478 e. The Morgan fingerprint density at radius 1 is 1.04 bits per heavy atom. The van der Waals surface area contributed by atoms with Gasteiger partial charge in [0.1, 0.15) is 16.4 Å². The molecule has 1 aromatic heterocycles. The van der Waals surface area contributed by atoms with E-state index in [2.05, 4.69) is 9.97 Å². The number of hydrogen-bond donors (Lipinski definition) is 0. The molecule has 134 valence electrons. The first-order valence-corrected chi connectivity index (χ1v) is 7.54. The number of halogens is 1. The van der Waals surface area contributed by atoms with Gasteiger partial charge in [-0.1, -0.05) is 11.6 Å². The van der Waals surface area contributed by atoms with Gasteiger partial charge in [-0.2, -0.15) is 4.90 Å². The summed E-state index contributed by atoms with van der Waals surface area (Å²) >= 11 is 5.83. The van der Waals surface area contributed by atoms with Crippen molar-refractivity contribution < 1.29 is 23.8 Å². The Hall–Kier alpha value is -2.09. The highest BCUT2D eigenvalue weighted by Crippen LogP contribution is 2.28. The fourth-order valence-corrected chi connectivity index (χ4v) is 1.63. The van der Waals surface area contributed by atoms with E-state index in [1.165, 1.54) is 13.3 Å². The van der Waals surface area contributed by atoms with Crippen LogP contribution in [0.15, 0.2) is 6.20 Å². The lowest BCUT2D eigenvalue weighted by Gasteiger charge is -2.28. The average molecular weight is 360 g/mol. The molecule has 0 fully saturated rings. The first-order valence-electron chi connectivity index (χ1n) is 7.16. The third kappa shape index (κ3) is 5.84. The van der Waals surface area contributed by atoms with Crippen molar-refractivity contribution in [3.63, 3.8) is 0 Å². The Bertz CT molecular complexity index is 595. The molecule has 0 aliphatic carbocycles. The van der Waals surface area contributed by atoms with Crippen LogP contribution < -0.4 is 9.64 Å². The Morgan fingerprint density at radius 3 is 1.88 bits per heavy atom. The summed E-state index contributed by atoms with van der Waals surface area (Å²) in [5.74, 6) is -0.287. The molecule has 9 heteroatoms. The van der Waals surface area contributed by atoms with Crippen LogP contribution in [0.2, 0.25) is 5.15 Å². The van der Waals surface area contributed by atoms with Crippen LogP contribution in [0.4, 0.5) is 15.4 Å². The molecule has 0 aromatic carbocycles. The Labute approximate surface area is 146 Å². The second kappa shape index (κ2) is 7.21. The standard InChI is InChI=1S/C15H22ClN3O5/c1-14(2,3)23-12(20)19(13(21)24-15(4,5)6)10-11(22-7)17-8-9(16)18-10/h8H,1-7H3. The summed E-state index contributed by atoms with van der Waals surface area (Å²) in [5, 5.41) is -0.0251. The minimum absolute atomic E-state index is 0.0251. The number of amides is 2. The van der Waals surface area contributed by atoms with Gasteiger partial charge in [-0.15, -0.1) is 0 Å². The molecule has 0 aliphatic rings. The first kappa shape index (κ1) is 20.0. The van der Waals surface area contributed by atoms with Gasteiger partial charge < -0.3 is 14.2 Å². The van der Waals surface area contributed by atoms with E-state index in [1.54, 1.807) is 41.5 Å². The van der Waals surface area contributed by atoms with Gasteiger partial charge in [0, 0.05) is 0 Å². The SMILES string of the molecule is COc1ncc(Cl)nc1N(C(=O)OC(C)(C)C)C(=O)OC(C)(C)C. The molecule has 1 heterocycles. The predicted molar refractivity (Wildman–Crippen MR) is 88.5 cm³/mol. The van der Waals surface area contributed by atoms with E-state index in [4.69, 9.17) is 25.8 Å². The largest absolute Gasteiger partial charge is 0.478 e. The van der Waals surface area contributed by atoms with Crippen molar-refractivity contribution >= 4 is 29.6 Å². The third-order valence-corrected chi connectivity index (χ3v) is 2.43. The number of carbonyl (C=O) groups is 2. The normalized spacial score (nSPS) is 11.7. The molecule has 24 heavy (non-hydrogen) atoms. The molecule has 1 aromatic rings. The van der Waals surface area contributed by atoms with E-state index in [-0.39, 0.29) is 16.9 Å². The van der Waals surface area contributed by atoms with E-state index >= 15 is 0 Å². The molecule has 0 aliphatic heterocycles. The molecule has 2 amide bonds. The van der Waals surface area contributed by atoms with Gasteiger partial charge in [-0.05, 0) is 41.5 Å². The zero-order valence-corrected chi connectivity index (χ0v) is 15.6. The molecule has 0 saturated heterocycles. The van der Waals surface area contributed by atoms with Crippen LogP contribution in [0.1, 0.15) is 41.5 Å². The topological polar surface area (TPSA) is 90.9 Å². The van der Waals surface area contributed by atoms with E-state index < -0.39 is 23.4 Å². The van der Waals surface area contributed by atoms with E-state index in [0.717, 1.165) is 0 Å². The molecular weight excluding hydrogens is 338 g/mol. The molecule has 0 atom stereocenters. The summed E-state index contributed by atoms with van der Waals surface area (Å²) in [6.45, 7) is 9.99. The second-order valence-electron chi connectivity index (χ2n) is 6.82. The Kier molecular flexibility index (Phi) is 5.99. The molecule has 0 unspecified atom stereocenters. The second-order valence-corrected chi connectivity index (χ2v) is 7.21. The highest BCUT2D eigenvalue weighted by molar-refractivity contribution is 6.29. The smallest absolute Gasteiger partial charge is 0.425 e. The first-order chi connectivity index (χ1) is 10.8. The molecular formula is C15H22ClN3O5. The number of rotatable bonds is 2. The van der Waals surface area contributed by atoms with Crippen LogP contribution in [0, 0.1) is 0 Å². The summed E-state index contributed by atoms with van der Waals surface area (Å²) in [4.78, 5) is 33.5. The van der Waals surface area contributed by atoms with Crippen molar-refractivity contribution in [1.29, 1.82) is 0 Å². The van der Waals surface area contributed by atoms with Crippen molar-refractivity contribution in [1.82, 2.24) is 9.97 Å². The third-order valence-electron chi connectivity index (χ3n) is 2.25. The summed E-state index contributed by atoms with van der Waals surface area (Å²) < 4.78 is 15.6. The lowest BCUT2D eigenvalue weighted by atomic mass is 10.2. The maximum atomic E-state index is 12.5. The lowest BCUT2D eigenvalue weighted by molar-refractivity contribution is 0.0427. The maximum absolute atomic E-state index is 12.5. The number of imide groups is 1. The molecule has 0 spiro atoms. The molecule has 0 bridgehead atoms. The summed E-state index contributed by atoms with van der Waals surface area (Å²) in [6, 6.07) is 0. The molecule has 8 nitrogen and oxygen atoms in total. The Balaban J connectivity index is 3.35. The van der Waals surface area contributed by atoms with Gasteiger partial charge in [-0.3, -0.25) is 0 Å². The molecule has 0 saturated carbocycles. The molecule has 0 radical (unpaired) electrons. The van der Waals surface area contributed by atoms with Crippen LogP contribution >= 0.6 is 11.6 Å². The highest BCUT2D eigenvalue weighted by Gasteiger charge is 2.36. The van der Waals surface area contributed by atoms with Crippen LogP contribution in [0.3, 0.4) is 0 Å². The highest BCUT2D eigenvalue weighted by atomic mass is 35.5. The number of hydrogen-bond acceptors (Lipinski definition) is 7. The van der Waals surface area contributed by atoms with Crippen molar-refractivity contribution in [2.45, 2.75) is 52.7 Å². The van der Waals surface area contributed by atoms with Gasteiger partial charge >= 0.3 is 12.2 Å². The minimum atomic E-state index is -0.980.